The Morgan fingerprint density at radius 3 is 2.10 bits per heavy atom. The molecule has 2 N–H and O–H groups in total. The van der Waals surface area contributed by atoms with E-state index in [0.717, 1.165) is 0 Å². The first kappa shape index (κ1) is 25.5. The number of aliphatic hydroxyl groups excluding tert-OH is 1. The van der Waals surface area contributed by atoms with Gasteiger partial charge in [0.25, 0.3) is 0 Å². The number of alkyl halides is 2. The zero-order chi connectivity index (χ0) is 22.3. The molecule has 0 aliphatic carbocycles. The van der Waals surface area contributed by atoms with Crippen LogP contribution in [0.2, 0.25) is 0 Å². The molecule has 1 amide bonds. The van der Waals surface area contributed by atoms with E-state index < -0.39 is 43.5 Å². The second-order valence-electron chi connectivity index (χ2n) is 7.31. The highest BCUT2D eigenvalue weighted by Gasteiger charge is 2.55. The van der Waals surface area contributed by atoms with Gasteiger partial charge in [-0.3, -0.25) is 4.57 Å². The minimum Gasteiger partial charge on any atom is -0.444 e. The first-order valence-electron chi connectivity index (χ1n) is 9.34. The molecule has 0 saturated heterocycles. The van der Waals surface area contributed by atoms with Gasteiger partial charge < -0.3 is 24.2 Å². The van der Waals surface area contributed by atoms with Crippen molar-refractivity contribution in [1.29, 1.82) is 0 Å². The molecule has 0 fully saturated rings. The van der Waals surface area contributed by atoms with E-state index >= 15 is 0 Å². The quantitative estimate of drug-likeness (QED) is 0.508. The Kier molecular flexibility index (Phi) is 9.21. The number of benzene rings is 1. The highest BCUT2D eigenvalue weighted by atomic mass is 31.2. The number of hydrogen-bond donors (Lipinski definition) is 2. The Hall–Kier alpha value is -1.54. The molecular formula is C19H30F2NO6P. The van der Waals surface area contributed by atoms with Gasteiger partial charge in [0.1, 0.15) is 5.60 Å². The monoisotopic (exact) mass is 437 g/mol. The van der Waals surface area contributed by atoms with Gasteiger partial charge in [0.05, 0.1) is 25.4 Å². The molecule has 1 aromatic rings. The molecule has 0 unspecified atom stereocenters. The van der Waals surface area contributed by atoms with Crippen LogP contribution in [0.15, 0.2) is 30.3 Å². The third-order valence-corrected chi connectivity index (χ3v) is 5.87. The Bertz CT molecular complexity index is 686. The topological polar surface area (TPSA) is 94.1 Å². The van der Waals surface area contributed by atoms with Gasteiger partial charge in [-0.05, 0) is 40.2 Å². The summed E-state index contributed by atoms with van der Waals surface area (Å²) in [5.74, 6) is 0. The van der Waals surface area contributed by atoms with E-state index in [4.69, 9.17) is 13.8 Å². The van der Waals surface area contributed by atoms with Crippen molar-refractivity contribution in [3.05, 3.63) is 35.9 Å². The lowest BCUT2D eigenvalue weighted by Gasteiger charge is -2.32. The Morgan fingerprint density at radius 2 is 1.66 bits per heavy atom. The Balaban J connectivity index is 3.18. The van der Waals surface area contributed by atoms with Gasteiger partial charge in [0.2, 0.25) is 0 Å². The number of amides is 1. The number of nitrogens with one attached hydrogen (secondary N) is 1. The number of aliphatic hydroxyl groups is 1. The smallest absolute Gasteiger partial charge is 0.407 e. The van der Waals surface area contributed by atoms with Gasteiger partial charge in [0, 0.05) is 6.42 Å². The van der Waals surface area contributed by atoms with E-state index in [-0.39, 0.29) is 13.2 Å². The zero-order valence-corrected chi connectivity index (χ0v) is 18.2. The SMILES string of the molecule is CCOP(=O)(OCC)C(F)(F)C[C@@H](NC(=O)OC(C)(C)C)[C@@H](O)c1ccccc1. The van der Waals surface area contributed by atoms with Crippen molar-refractivity contribution in [3.8, 4) is 0 Å². The minimum absolute atomic E-state index is 0.252. The van der Waals surface area contributed by atoms with Crippen LogP contribution in [-0.2, 0) is 18.3 Å². The Morgan fingerprint density at radius 1 is 1.14 bits per heavy atom. The van der Waals surface area contributed by atoms with Gasteiger partial charge in [-0.2, -0.15) is 8.78 Å². The molecule has 0 aromatic heterocycles. The van der Waals surface area contributed by atoms with E-state index in [2.05, 4.69) is 5.32 Å². The molecule has 29 heavy (non-hydrogen) atoms. The molecule has 1 aromatic carbocycles. The molecule has 0 saturated carbocycles. The van der Waals surface area contributed by atoms with E-state index in [1.165, 1.54) is 26.0 Å². The summed E-state index contributed by atoms with van der Waals surface area (Å²) < 4.78 is 57.2. The predicted octanol–water partition coefficient (Wildman–Crippen LogP) is 4.86. The van der Waals surface area contributed by atoms with Gasteiger partial charge in [-0.1, -0.05) is 30.3 Å². The van der Waals surface area contributed by atoms with E-state index in [0.29, 0.717) is 5.56 Å². The van der Waals surface area contributed by atoms with Crippen molar-refractivity contribution >= 4 is 13.7 Å². The lowest BCUT2D eigenvalue weighted by atomic mass is 10.00. The van der Waals surface area contributed by atoms with Crippen LogP contribution in [0, 0.1) is 0 Å². The third-order valence-electron chi connectivity index (χ3n) is 3.69. The second kappa shape index (κ2) is 10.5. The Labute approximate surface area is 170 Å². The van der Waals surface area contributed by atoms with Gasteiger partial charge >= 0.3 is 19.4 Å². The predicted molar refractivity (Wildman–Crippen MR) is 105 cm³/mol. The zero-order valence-electron chi connectivity index (χ0n) is 17.4. The molecule has 0 bridgehead atoms. The molecular weight excluding hydrogens is 407 g/mol. The van der Waals surface area contributed by atoms with Crippen molar-refractivity contribution in [2.24, 2.45) is 0 Å². The lowest BCUT2D eigenvalue weighted by molar-refractivity contribution is -0.00246. The second-order valence-corrected chi connectivity index (χ2v) is 9.48. The average molecular weight is 437 g/mol. The van der Waals surface area contributed by atoms with E-state index in [1.54, 1.807) is 39.0 Å². The number of halogens is 2. The largest absolute Gasteiger partial charge is 0.444 e. The van der Waals surface area contributed by atoms with Crippen LogP contribution in [0.5, 0.6) is 0 Å². The minimum atomic E-state index is -4.83. The number of rotatable bonds is 10. The fourth-order valence-corrected chi connectivity index (χ4v) is 4.08. The summed E-state index contributed by atoms with van der Waals surface area (Å²) in [6, 6.07) is 6.46. The molecule has 2 atom stereocenters. The van der Waals surface area contributed by atoms with Crippen LogP contribution < -0.4 is 5.32 Å². The molecule has 1 rings (SSSR count). The molecule has 10 heteroatoms. The maximum Gasteiger partial charge on any atom is 0.407 e. The summed E-state index contributed by atoms with van der Waals surface area (Å²) in [6.07, 6.45) is -3.68. The van der Waals surface area contributed by atoms with Crippen LogP contribution in [0.4, 0.5) is 13.6 Å². The lowest BCUT2D eigenvalue weighted by Crippen LogP contribution is -2.45. The number of hydrogen-bond acceptors (Lipinski definition) is 6. The number of carbonyl (C=O) groups excluding carboxylic acids is 1. The molecule has 0 radical (unpaired) electrons. The summed E-state index contributed by atoms with van der Waals surface area (Å²) in [7, 11) is -4.83. The summed E-state index contributed by atoms with van der Waals surface area (Å²) in [4.78, 5) is 12.2. The van der Waals surface area contributed by atoms with Crippen molar-refractivity contribution in [2.45, 2.75) is 64.4 Å². The van der Waals surface area contributed by atoms with Crippen molar-refractivity contribution in [2.75, 3.05) is 13.2 Å². The molecule has 0 aliphatic heterocycles. The molecule has 0 heterocycles. The fourth-order valence-electron chi connectivity index (χ4n) is 2.53. The standard InChI is InChI=1S/C19H30F2NO6P/c1-6-26-29(25,27-7-2)19(20,21)13-15(22-17(24)28-18(3,4)5)16(23)14-11-9-8-10-12-14/h8-12,15-16,23H,6-7,13H2,1-5H3,(H,22,24)/t15-,16+/m1/s1. The maximum atomic E-state index is 14.9. The first-order chi connectivity index (χ1) is 13.3. The molecule has 0 aliphatic rings. The molecule has 166 valence electrons. The fraction of sp³-hybridized carbons (Fsp3) is 0.632. The first-order valence-corrected chi connectivity index (χ1v) is 10.9. The normalized spacial score (nSPS) is 14.9. The highest BCUT2D eigenvalue weighted by molar-refractivity contribution is 7.55. The van der Waals surface area contributed by atoms with Gasteiger partial charge in [0.15, 0.2) is 0 Å². The van der Waals surface area contributed by atoms with Crippen LogP contribution in [0.3, 0.4) is 0 Å². The highest BCUT2D eigenvalue weighted by Crippen LogP contribution is 2.63. The van der Waals surface area contributed by atoms with Crippen LogP contribution in [0.1, 0.15) is 52.7 Å². The van der Waals surface area contributed by atoms with Crippen molar-refractivity contribution in [1.82, 2.24) is 5.32 Å². The van der Waals surface area contributed by atoms with E-state index in [9.17, 15) is 23.2 Å². The number of alkyl carbamates (subject to hydrolysis) is 1. The number of ether oxygens (including phenoxy) is 1. The summed E-state index contributed by atoms with van der Waals surface area (Å²) >= 11 is 0. The average Bonchev–Trinajstić information content (AvgIpc) is 2.59. The maximum absolute atomic E-state index is 14.9. The van der Waals surface area contributed by atoms with Crippen molar-refractivity contribution in [3.63, 3.8) is 0 Å². The number of carbonyl (C=O) groups is 1. The molecule has 0 spiro atoms. The van der Waals surface area contributed by atoms with Crippen LogP contribution in [0.25, 0.3) is 0 Å². The van der Waals surface area contributed by atoms with Crippen molar-refractivity contribution < 1.29 is 37.0 Å². The van der Waals surface area contributed by atoms with Gasteiger partial charge in [-0.25, -0.2) is 4.79 Å². The molecule has 7 nitrogen and oxygen atoms in total. The summed E-state index contributed by atoms with van der Waals surface area (Å²) in [6.45, 7) is 7.16. The van der Waals surface area contributed by atoms with Crippen LogP contribution in [-0.4, -0.2) is 41.7 Å². The van der Waals surface area contributed by atoms with E-state index in [1.807, 2.05) is 0 Å². The van der Waals surface area contributed by atoms with Crippen LogP contribution >= 0.6 is 7.60 Å². The summed E-state index contributed by atoms with van der Waals surface area (Å²) in [5.41, 5.74) is -4.54. The van der Waals surface area contributed by atoms with Gasteiger partial charge in [-0.15, -0.1) is 0 Å². The third kappa shape index (κ3) is 7.66. The summed E-state index contributed by atoms with van der Waals surface area (Å²) in [5, 5.41) is 12.9.